The lowest BCUT2D eigenvalue weighted by Gasteiger charge is -2.23. The number of aliphatic carboxylic acids is 1. The van der Waals surface area contributed by atoms with Crippen molar-refractivity contribution in [3.63, 3.8) is 0 Å². The molecule has 1 saturated carbocycles. The molecule has 4 rings (SSSR count). The third-order valence-electron chi connectivity index (χ3n) is 6.67. The van der Waals surface area contributed by atoms with Crippen LogP contribution in [0.4, 0.5) is 4.79 Å². The average molecular weight is 467 g/mol. The topological polar surface area (TPSA) is 114 Å². The summed E-state index contributed by atoms with van der Waals surface area (Å²) in [7, 11) is 1.39. The van der Waals surface area contributed by atoms with Crippen LogP contribution in [0.3, 0.4) is 0 Å². The van der Waals surface area contributed by atoms with E-state index in [1.165, 1.54) is 7.11 Å². The van der Waals surface area contributed by atoms with E-state index in [0.29, 0.717) is 0 Å². The second-order valence-corrected chi connectivity index (χ2v) is 8.94. The minimum Gasteiger partial charge on any atom is -0.480 e. The molecule has 2 amide bonds. The summed E-state index contributed by atoms with van der Waals surface area (Å²) in [6.07, 6.45) is 0.522. The minimum atomic E-state index is -1.17. The van der Waals surface area contributed by atoms with Gasteiger partial charge in [-0.2, -0.15) is 0 Å². The van der Waals surface area contributed by atoms with Crippen molar-refractivity contribution in [1.29, 1.82) is 0 Å². The second kappa shape index (κ2) is 10.3. The van der Waals surface area contributed by atoms with Crippen LogP contribution in [0, 0.1) is 5.92 Å². The molecule has 0 heterocycles. The SMILES string of the molecule is CO[C@H](C)[C@H](NC(=O)CC(NC(=O)OCC1c2ccccc2-c2ccccc21)C1CC1)C(=O)O. The number of carbonyl (C=O) groups excluding carboxylic acids is 2. The molecule has 2 aliphatic rings. The fraction of sp³-hybridized carbons (Fsp3) is 0.423. The van der Waals surface area contributed by atoms with E-state index in [2.05, 4.69) is 34.9 Å². The summed E-state index contributed by atoms with van der Waals surface area (Å²) in [6, 6.07) is 14.6. The van der Waals surface area contributed by atoms with Crippen LogP contribution in [0.5, 0.6) is 0 Å². The minimum absolute atomic E-state index is 0.0188. The lowest BCUT2D eigenvalue weighted by molar-refractivity contribution is -0.145. The molecule has 1 fully saturated rings. The fourth-order valence-corrected chi connectivity index (χ4v) is 4.57. The Hall–Kier alpha value is -3.39. The monoisotopic (exact) mass is 466 g/mol. The smallest absolute Gasteiger partial charge is 0.407 e. The van der Waals surface area contributed by atoms with E-state index in [1.54, 1.807) is 6.92 Å². The molecule has 0 spiro atoms. The van der Waals surface area contributed by atoms with Gasteiger partial charge in [0.1, 0.15) is 6.61 Å². The van der Waals surface area contributed by atoms with Gasteiger partial charge in [-0.05, 0) is 47.9 Å². The van der Waals surface area contributed by atoms with Crippen LogP contribution < -0.4 is 10.6 Å². The standard InChI is InChI=1S/C26H30N2O6/c1-15(33-2)24(25(30)31)28-23(29)13-22(16-11-12-16)27-26(32)34-14-21-19-9-5-3-7-17(19)18-8-4-6-10-20(18)21/h3-10,15-16,21-22,24H,11-14H2,1-2H3,(H,27,32)(H,28,29)(H,30,31)/t15-,22?,24+/m1/s1. The van der Waals surface area contributed by atoms with Gasteiger partial charge in [0, 0.05) is 25.5 Å². The normalized spacial score (nSPS) is 17.1. The number of amides is 2. The number of carbonyl (C=O) groups is 3. The van der Waals surface area contributed by atoms with Crippen LogP contribution in [0.2, 0.25) is 0 Å². The van der Waals surface area contributed by atoms with E-state index in [-0.39, 0.29) is 24.9 Å². The van der Waals surface area contributed by atoms with Gasteiger partial charge in [-0.15, -0.1) is 0 Å². The van der Waals surface area contributed by atoms with E-state index in [4.69, 9.17) is 9.47 Å². The predicted molar refractivity (Wildman–Crippen MR) is 125 cm³/mol. The molecule has 34 heavy (non-hydrogen) atoms. The Labute approximate surface area is 198 Å². The Bertz CT molecular complexity index is 1020. The average Bonchev–Trinajstić information content (AvgIpc) is 3.63. The van der Waals surface area contributed by atoms with E-state index in [1.807, 2.05) is 24.3 Å². The summed E-state index contributed by atoms with van der Waals surface area (Å²) in [5, 5.41) is 14.7. The summed E-state index contributed by atoms with van der Waals surface area (Å²) in [5.41, 5.74) is 4.55. The lowest BCUT2D eigenvalue weighted by Crippen LogP contribution is -2.50. The second-order valence-electron chi connectivity index (χ2n) is 8.94. The number of hydrogen-bond acceptors (Lipinski definition) is 5. The molecule has 1 unspecified atom stereocenters. The van der Waals surface area contributed by atoms with Crippen molar-refractivity contribution in [2.24, 2.45) is 5.92 Å². The first-order valence-corrected chi connectivity index (χ1v) is 11.6. The van der Waals surface area contributed by atoms with Crippen molar-refractivity contribution in [3.05, 3.63) is 59.7 Å². The maximum Gasteiger partial charge on any atom is 0.407 e. The Morgan fingerprint density at radius 2 is 1.59 bits per heavy atom. The molecule has 3 atom stereocenters. The fourth-order valence-electron chi connectivity index (χ4n) is 4.57. The molecule has 0 saturated heterocycles. The molecule has 3 N–H and O–H groups in total. The molecule has 0 aromatic heterocycles. The molecular weight excluding hydrogens is 436 g/mol. The quantitative estimate of drug-likeness (QED) is 0.495. The van der Waals surface area contributed by atoms with Crippen molar-refractivity contribution in [3.8, 4) is 11.1 Å². The summed E-state index contributed by atoms with van der Waals surface area (Å²) >= 11 is 0. The van der Waals surface area contributed by atoms with Crippen LogP contribution in [0.15, 0.2) is 48.5 Å². The van der Waals surface area contributed by atoms with Crippen molar-refractivity contribution < 1.29 is 29.0 Å². The van der Waals surface area contributed by atoms with Crippen LogP contribution in [0.25, 0.3) is 11.1 Å². The zero-order valence-corrected chi connectivity index (χ0v) is 19.3. The molecule has 180 valence electrons. The van der Waals surface area contributed by atoms with Crippen molar-refractivity contribution in [2.45, 2.75) is 50.3 Å². The van der Waals surface area contributed by atoms with Crippen LogP contribution in [-0.2, 0) is 19.1 Å². The molecule has 8 nitrogen and oxygen atoms in total. The van der Waals surface area contributed by atoms with E-state index in [0.717, 1.165) is 35.1 Å². The number of ether oxygens (including phenoxy) is 2. The first-order valence-electron chi connectivity index (χ1n) is 11.6. The highest BCUT2D eigenvalue weighted by atomic mass is 16.5. The maximum atomic E-state index is 12.7. The highest BCUT2D eigenvalue weighted by Crippen LogP contribution is 2.44. The number of hydrogen-bond donors (Lipinski definition) is 3. The molecule has 8 heteroatoms. The van der Waals surface area contributed by atoms with Gasteiger partial charge in [-0.25, -0.2) is 9.59 Å². The molecule has 2 aliphatic carbocycles. The van der Waals surface area contributed by atoms with Crippen LogP contribution >= 0.6 is 0 Å². The number of rotatable bonds is 10. The molecule has 2 aromatic carbocycles. The largest absolute Gasteiger partial charge is 0.480 e. The summed E-state index contributed by atoms with van der Waals surface area (Å²) in [5.74, 6) is -1.50. The summed E-state index contributed by atoms with van der Waals surface area (Å²) < 4.78 is 10.7. The molecule has 2 aromatic rings. The predicted octanol–water partition coefficient (Wildman–Crippen LogP) is 3.30. The number of alkyl carbamates (subject to hydrolysis) is 1. The van der Waals surface area contributed by atoms with Gasteiger partial charge in [-0.1, -0.05) is 48.5 Å². The highest BCUT2D eigenvalue weighted by molar-refractivity contribution is 5.84. The van der Waals surface area contributed by atoms with Crippen LogP contribution in [0.1, 0.15) is 43.2 Å². The van der Waals surface area contributed by atoms with Gasteiger partial charge in [0.2, 0.25) is 5.91 Å². The third-order valence-corrected chi connectivity index (χ3v) is 6.67. The number of benzene rings is 2. The molecule has 0 radical (unpaired) electrons. The summed E-state index contributed by atoms with van der Waals surface area (Å²) in [4.78, 5) is 36.6. The summed E-state index contributed by atoms with van der Waals surface area (Å²) in [6.45, 7) is 1.77. The Balaban J connectivity index is 1.35. The number of carboxylic acids is 1. The molecular formula is C26H30N2O6. The number of carboxylic acid groups (broad SMARTS) is 1. The van der Waals surface area contributed by atoms with Crippen LogP contribution in [-0.4, -0.2) is 55.0 Å². The zero-order chi connectivity index (χ0) is 24.2. The van der Waals surface area contributed by atoms with Gasteiger partial charge in [0.15, 0.2) is 6.04 Å². The van der Waals surface area contributed by atoms with Crippen molar-refractivity contribution in [1.82, 2.24) is 10.6 Å². The molecule has 0 bridgehead atoms. The van der Waals surface area contributed by atoms with Gasteiger partial charge in [0.05, 0.1) is 6.10 Å². The van der Waals surface area contributed by atoms with Gasteiger partial charge in [-0.3, -0.25) is 4.79 Å². The Morgan fingerprint density at radius 1 is 1.00 bits per heavy atom. The number of fused-ring (bicyclic) bond motifs is 3. The Morgan fingerprint density at radius 3 is 2.12 bits per heavy atom. The van der Waals surface area contributed by atoms with Gasteiger partial charge < -0.3 is 25.2 Å². The van der Waals surface area contributed by atoms with Crippen molar-refractivity contribution >= 4 is 18.0 Å². The lowest BCUT2D eigenvalue weighted by atomic mass is 9.98. The molecule has 0 aliphatic heterocycles. The number of methoxy groups -OCH3 is 1. The third kappa shape index (κ3) is 5.22. The zero-order valence-electron chi connectivity index (χ0n) is 19.3. The number of nitrogens with one attached hydrogen (secondary N) is 2. The van der Waals surface area contributed by atoms with Crippen molar-refractivity contribution in [2.75, 3.05) is 13.7 Å². The van der Waals surface area contributed by atoms with Gasteiger partial charge in [0.25, 0.3) is 0 Å². The van der Waals surface area contributed by atoms with Gasteiger partial charge >= 0.3 is 12.1 Å². The highest BCUT2D eigenvalue weighted by Gasteiger charge is 2.36. The maximum absolute atomic E-state index is 12.7. The van der Waals surface area contributed by atoms with E-state index < -0.39 is 36.2 Å². The first kappa shape index (κ1) is 23.8. The van der Waals surface area contributed by atoms with E-state index >= 15 is 0 Å². The first-order chi connectivity index (χ1) is 16.4. The van der Waals surface area contributed by atoms with E-state index in [9.17, 15) is 19.5 Å². The Kier molecular flexibility index (Phi) is 7.17.